The van der Waals surface area contributed by atoms with Crippen LogP contribution < -0.4 is 0 Å². The molecule has 0 fully saturated rings. The van der Waals surface area contributed by atoms with E-state index in [0.717, 1.165) is 32.1 Å². The number of carboxylic acid groups (broad SMARTS) is 1. The van der Waals surface area contributed by atoms with Crippen LogP contribution in [0.25, 0.3) is 0 Å². The van der Waals surface area contributed by atoms with Gasteiger partial charge in [-0.2, -0.15) is 0 Å². The highest BCUT2D eigenvalue weighted by molar-refractivity contribution is 6.84. The largest absolute Gasteiger partial charge is 0.481 e. The molecule has 0 spiro atoms. The first-order chi connectivity index (χ1) is 8.31. The Morgan fingerprint density at radius 1 is 0.944 bits per heavy atom. The molecule has 3 nitrogen and oxygen atoms in total. The smallest absolute Gasteiger partial charge is 0.303 e. The van der Waals surface area contributed by atoms with Gasteiger partial charge in [0, 0.05) is 12.8 Å². The summed E-state index contributed by atoms with van der Waals surface area (Å²) in [6.45, 7) is 6.36. The van der Waals surface area contributed by atoms with Crippen LogP contribution in [0.5, 0.6) is 0 Å². The Hall–Kier alpha value is -1.08. The fraction of sp³-hybridized carbons (Fsp3) is 0.714. The van der Waals surface area contributed by atoms with E-state index < -0.39 is 14.0 Å². The molecular formula is C14H24O3Si. The van der Waals surface area contributed by atoms with Gasteiger partial charge in [0.15, 0.2) is 0 Å². The summed E-state index contributed by atoms with van der Waals surface area (Å²) in [6, 6.07) is 0. The molecule has 4 heteroatoms. The monoisotopic (exact) mass is 268 g/mol. The number of hydrogen-bond donors (Lipinski definition) is 1. The van der Waals surface area contributed by atoms with Crippen LogP contribution in [0.3, 0.4) is 0 Å². The number of hydrogen-bond acceptors (Lipinski definition) is 2. The van der Waals surface area contributed by atoms with Gasteiger partial charge in [-0.15, -0.1) is 5.54 Å². The zero-order chi connectivity index (χ0) is 14.0. The highest BCUT2D eigenvalue weighted by atomic mass is 28.3. The number of carbonyl (C=O) groups excluding carboxylic acids is 1. The first kappa shape index (κ1) is 16.9. The third-order valence-electron chi connectivity index (χ3n) is 2.37. The minimum absolute atomic E-state index is 0.0444. The van der Waals surface area contributed by atoms with Crippen molar-refractivity contribution in [2.45, 2.75) is 64.6 Å². The summed E-state index contributed by atoms with van der Waals surface area (Å²) in [5, 5.41) is 8.46. The lowest BCUT2D eigenvalue weighted by Gasteiger charge is -2.03. The molecule has 1 N–H and O–H groups in total. The summed E-state index contributed by atoms with van der Waals surface area (Å²) in [4.78, 5) is 21.7. The van der Waals surface area contributed by atoms with Crippen LogP contribution in [-0.4, -0.2) is 24.9 Å². The number of carbonyl (C=O) groups is 2. The standard InChI is InChI=1S/C14H24O3Si/c1-18(2,3)12-11-13(15)9-7-5-4-6-8-10-14(16)17/h4-10H2,1-3H3,(H,16,17). The maximum Gasteiger partial charge on any atom is 0.303 e. The molecule has 0 aliphatic carbocycles. The summed E-state index contributed by atoms with van der Waals surface area (Å²) in [6.07, 6.45) is 5.31. The lowest BCUT2D eigenvalue weighted by atomic mass is 10.1. The molecule has 0 heterocycles. The van der Waals surface area contributed by atoms with Crippen LogP contribution in [0.1, 0.15) is 44.9 Å². The van der Waals surface area contributed by atoms with Gasteiger partial charge in [-0.3, -0.25) is 9.59 Å². The molecule has 18 heavy (non-hydrogen) atoms. The number of Topliss-reactive ketones (excluding diaryl/α,β-unsaturated/α-hetero) is 1. The van der Waals surface area contributed by atoms with Crippen LogP contribution >= 0.6 is 0 Å². The zero-order valence-electron chi connectivity index (χ0n) is 11.7. The van der Waals surface area contributed by atoms with Crippen LogP contribution in [0, 0.1) is 11.5 Å². The Balaban J connectivity index is 3.52. The van der Waals surface area contributed by atoms with Crippen molar-refractivity contribution in [2.75, 3.05) is 0 Å². The lowest BCUT2D eigenvalue weighted by Crippen LogP contribution is -2.17. The van der Waals surface area contributed by atoms with Gasteiger partial charge < -0.3 is 5.11 Å². The molecule has 0 saturated heterocycles. The molecule has 102 valence electrons. The van der Waals surface area contributed by atoms with Crippen molar-refractivity contribution in [2.24, 2.45) is 0 Å². The lowest BCUT2D eigenvalue weighted by molar-refractivity contribution is -0.137. The fourth-order valence-corrected chi connectivity index (χ4v) is 1.93. The molecule has 0 aromatic rings. The SMILES string of the molecule is C[Si](C)(C)C#CC(=O)CCCCCCCC(=O)O. The number of carboxylic acids is 1. The van der Waals surface area contributed by atoms with Gasteiger partial charge in [0.25, 0.3) is 0 Å². The van der Waals surface area contributed by atoms with E-state index >= 15 is 0 Å². The van der Waals surface area contributed by atoms with E-state index in [1.807, 2.05) is 0 Å². The maximum absolute atomic E-state index is 11.4. The first-order valence-corrected chi connectivity index (χ1v) is 10.1. The van der Waals surface area contributed by atoms with Gasteiger partial charge in [-0.25, -0.2) is 0 Å². The molecule has 0 aliphatic heterocycles. The van der Waals surface area contributed by atoms with Crippen molar-refractivity contribution in [3.63, 3.8) is 0 Å². The van der Waals surface area contributed by atoms with Crippen molar-refractivity contribution in [1.82, 2.24) is 0 Å². The van der Waals surface area contributed by atoms with E-state index in [1.54, 1.807) is 0 Å². The molecule has 0 aromatic heterocycles. The van der Waals surface area contributed by atoms with Crippen molar-refractivity contribution >= 4 is 19.8 Å². The van der Waals surface area contributed by atoms with Gasteiger partial charge in [-0.1, -0.05) is 38.9 Å². The number of rotatable bonds is 8. The average molecular weight is 268 g/mol. The van der Waals surface area contributed by atoms with Crippen LogP contribution in [0.2, 0.25) is 19.6 Å². The second kappa shape index (κ2) is 8.93. The number of aliphatic carboxylic acids is 1. The molecule has 0 atom stereocenters. The van der Waals surface area contributed by atoms with Crippen molar-refractivity contribution in [3.05, 3.63) is 0 Å². The molecule has 0 unspecified atom stereocenters. The van der Waals surface area contributed by atoms with Gasteiger partial charge in [0.05, 0.1) is 0 Å². The predicted octanol–water partition coefficient (Wildman–Crippen LogP) is 3.25. The molecule has 0 radical (unpaired) electrons. The number of ketones is 1. The van der Waals surface area contributed by atoms with Crippen molar-refractivity contribution in [3.8, 4) is 11.5 Å². The Kier molecular flexibility index (Phi) is 8.39. The summed E-state index contributed by atoms with van der Waals surface area (Å²) < 4.78 is 0. The summed E-state index contributed by atoms with van der Waals surface area (Å²) >= 11 is 0. The van der Waals surface area contributed by atoms with Gasteiger partial charge in [-0.05, 0) is 18.8 Å². The minimum atomic E-state index is -1.43. The summed E-state index contributed by atoms with van der Waals surface area (Å²) in [5.41, 5.74) is 3.07. The second-order valence-electron chi connectivity index (χ2n) is 5.58. The van der Waals surface area contributed by atoms with Gasteiger partial charge in [0.2, 0.25) is 5.78 Å². The third kappa shape index (κ3) is 13.0. The molecule has 0 saturated carbocycles. The van der Waals surface area contributed by atoms with Crippen molar-refractivity contribution < 1.29 is 14.7 Å². The van der Waals surface area contributed by atoms with Crippen LogP contribution in [0.15, 0.2) is 0 Å². The molecular weight excluding hydrogens is 244 g/mol. The van der Waals surface area contributed by atoms with E-state index in [2.05, 4.69) is 31.1 Å². The number of unbranched alkanes of at least 4 members (excludes halogenated alkanes) is 4. The Morgan fingerprint density at radius 2 is 1.44 bits per heavy atom. The second-order valence-corrected chi connectivity index (χ2v) is 10.3. The molecule has 0 bridgehead atoms. The first-order valence-electron chi connectivity index (χ1n) is 6.59. The van der Waals surface area contributed by atoms with E-state index in [0.29, 0.717) is 6.42 Å². The van der Waals surface area contributed by atoms with Crippen LogP contribution in [-0.2, 0) is 9.59 Å². The molecule has 0 aliphatic rings. The topological polar surface area (TPSA) is 54.4 Å². The summed E-state index contributed by atoms with van der Waals surface area (Å²) in [7, 11) is -1.43. The molecule has 0 aromatic carbocycles. The van der Waals surface area contributed by atoms with Gasteiger partial charge >= 0.3 is 5.97 Å². The Bertz CT molecular complexity index is 331. The van der Waals surface area contributed by atoms with Gasteiger partial charge in [0.1, 0.15) is 8.07 Å². The third-order valence-corrected chi connectivity index (χ3v) is 3.25. The fourth-order valence-electron chi connectivity index (χ4n) is 1.41. The Morgan fingerprint density at radius 3 is 1.94 bits per heavy atom. The molecule has 0 rings (SSSR count). The van der Waals surface area contributed by atoms with E-state index in [9.17, 15) is 9.59 Å². The zero-order valence-corrected chi connectivity index (χ0v) is 12.7. The van der Waals surface area contributed by atoms with E-state index in [1.165, 1.54) is 0 Å². The van der Waals surface area contributed by atoms with Crippen molar-refractivity contribution in [1.29, 1.82) is 0 Å². The predicted molar refractivity (Wildman–Crippen MR) is 76.1 cm³/mol. The van der Waals surface area contributed by atoms with Crippen LogP contribution in [0.4, 0.5) is 0 Å². The van der Waals surface area contributed by atoms with E-state index in [-0.39, 0.29) is 12.2 Å². The highest BCUT2D eigenvalue weighted by Crippen LogP contribution is 2.07. The van der Waals surface area contributed by atoms with E-state index in [4.69, 9.17) is 5.11 Å². The maximum atomic E-state index is 11.4. The summed E-state index contributed by atoms with van der Waals surface area (Å²) in [5.74, 6) is 2.05. The highest BCUT2D eigenvalue weighted by Gasteiger charge is 2.08. The normalized spacial score (nSPS) is 10.6. The minimum Gasteiger partial charge on any atom is -0.481 e. The average Bonchev–Trinajstić information content (AvgIpc) is 2.23. The quantitative estimate of drug-likeness (QED) is 0.417. The molecule has 0 amide bonds. The Labute approximate surface area is 111 Å².